The average Bonchev–Trinajstić information content (AvgIpc) is 2.74. The van der Waals surface area contributed by atoms with Crippen molar-refractivity contribution in [3.05, 3.63) is 0 Å². The molecule has 2 aliphatic rings. The molecule has 0 aromatic carbocycles. The van der Waals surface area contributed by atoms with Crippen LogP contribution in [-0.4, -0.2) is 37.5 Å². The first-order chi connectivity index (χ1) is 8.74. The Bertz CT molecular complexity index is 239. The lowest BCUT2D eigenvalue weighted by atomic mass is 9.83. The van der Waals surface area contributed by atoms with Crippen molar-refractivity contribution in [1.82, 2.24) is 5.32 Å². The summed E-state index contributed by atoms with van der Waals surface area (Å²) < 4.78 is 11.8. The first-order valence-corrected chi connectivity index (χ1v) is 7.74. The summed E-state index contributed by atoms with van der Waals surface area (Å²) in [4.78, 5) is 0. The lowest BCUT2D eigenvalue weighted by Crippen LogP contribution is -2.36. The number of rotatable bonds is 6. The Morgan fingerprint density at radius 2 is 2.06 bits per heavy atom. The van der Waals surface area contributed by atoms with E-state index in [1.54, 1.807) is 0 Å². The zero-order valence-corrected chi connectivity index (χ0v) is 12.0. The highest BCUT2D eigenvalue weighted by Gasteiger charge is 2.40. The molecule has 0 bridgehead atoms. The molecule has 2 unspecified atom stereocenters. The van der Waals surface area contributed by atoms with Crippen LogP contribution in [0.2, 0.25) is 0 Å². The van der Waals surface area contributed by atoms with Gasteiger partial charge in [0.05, 0.1) is 17.8 Å². The third-order valence-corrected chi connectivity index (χ3v) is 4.36. The van der Waals surface area contributed by atoms with E-state index in [0.29, 0.717) is 12.2 Å². The summed E-state index contributed by atoms with van der Waals surface area (Å²) >= 11 is 0. The molecule has 0 aromatic rings. The maximum Gasteiger partial charge on any atom is 0.0708 e. The Kier molecular flexibility index (Phi) is 5.46. The van der Waals surface area contributed by atoms with Crippen LogP contribution >= 0.6 is 0 Å². The first kappa shape index (κ1) is 14.3. The lowest BCUT2D eigenvalue weighted by molar-refractivity contribution is -0.0629. The van der Waals surface area contributed by atoms with E-state index in [4.69, 9.17) is 9.47 Å². The molecule has 1 saturated heterocycles. The molecule has 1 N–H and O–H groups in total. The average molecular weight is 255 g/mol. The minimum absolute atomic E-state index is 0.260. The van der Waals surface area contributed by atoms with Gasteiger partial charge in [0.2, 0.25) is 0 Å². The maximum atomic E-state index is 6.33. The zero-order valence-electron chi connectivity index (χ0n) is 12.0. The van der Waals surface area contributed by atoms with E-state index in [0.717, 1.165) is 19.7 Å². The van der Waals surface area contributed by atoms with Gasteiger partial charge in [-0.3, -0.25) is 0 Å². The molecule has 2 atom stereocenters. The molecule has 0 aromatic heterocycles. The third-order valence-electron chi connectivity index (χ3n) is 4.36. The number of hydrogen-bond donors (Lipinski definition) is 1. The summed E-state index contributed by atoms with van der Waals surface area (Å²) in [6, 6.07) is 0. The summed E-state index contributed by atoms with van der Waals surface area (Å²) in [6.45, 7) is 6.88. The molecule has 1 heterocycles. The van der Waals surface area contributed by atoms with Gasteiger partial charge in [0.1, 0.15) is 0 Å². The van der Waals surface area contributed by atoms with Crippen LogP contribution in [0.3, 0.4) is 0 Å². The highest BCUT2D eigenvalue weighted by atomic mass is 16.5. The van der Waals surface area contributed by atoms with Crippen LogP contribution in [0.15, 0.2) is 0 Å². The van der Waals surface area contributed by atoms with Crippen LogP contribution in [0.1, 0.15) is 58.8 Å². The van der Waals surface area contributed by atoms with Crippen molar-refractivity contribution >= 4 is 0 Å². The summed E-state index contributed by atoms with van der Waals surface area (Å²) in [7, 11) is 0. The van der Waals surface area contributed by atoms with Gasteiger partial charge in [0, 0.05) is 19.7 Å². The second kappa shape index (κ2) is 6.88. The molecule has 3 nitrogen and oxygen atoms in total. The molecule has 1 aliphatic carbocycles. The third kappa shape index (κ3) is 3.94. The number of nitrogens with one attached hydrogen (secondary N) is 1. The van der Waals surface area contributed by atoms with E-state index in [2.05, 4.69) is 12.2 Å². The fraction of sp³-hybridized carbons (Fsp3) is 1.00. The van der Waals surface area contributed by atoms with Gasteiger partial charge in [-0.25, -0.2) is 0 Å². The predicted molar refractivity (Wildman–Crippen MR) is 73.9 cm³/mol. The second-order valence-corrected chi connectivity index (χ2v) is 5.95. The van der Waals surface area contributed by atoms with E-state index in [1.807, 2.05) is 6.92 Å². The van der Waals surface area contributed by atoms with Crippen molar-refractivity contribution in [2.24, 2.45) is 0 Å². The van der Waals surface area contributed by atoms with Gasteiger partial charge in [-0.2, -0.15) is 0 Å². The largest absolute Gasteiger partial charge is 0.377 e. The van der Waals surface area contributed by atoms with Crippen molar-refractivity contribution in [1.29, 1.82) is 0 Å². The normalized spacial score (nSPS) is 28.7. The van der Waals surface area contributed by atoms with Crippen LogP contribution in [0.25, 0.3) is 0 Å². The Hall–Kier alpha value is -0.120. The fourth-order valence-corrected chi connectivity index (χ4v) is 3.39. The Balaban J connectivity index is 1.63. The molecule has 3 heteroatoms. The zero-order chi connectivity index (χ0) is 12.8. The van der Waals surface area contributed by atoms with E-state index in [-0.39, 0.29) is 5.60 Å². The van der Waals surface area contributed by atoms with E-state index >= 15 is 0 Å². The monoisotopic (exact) mass is 255 g/mol. The van der Waals surface area contributed by atoms with E-state index in [9.17, 15) is 0 Å². The van der Waals surface area contributed by atoms with Gasteiger partial charge in [-0.1, -0.05) is 19.3 Å². The van der Waals surface area contributed by atoms with Gasteiger partial charge >= 0.3 is 0 Å². The van der Waals surface area contributed by atoms with Crippen molar-refractivity contribution in [3.8, 4) is 0 Å². The molecule has 0 amide bonds. The van der Waals surface area contributed by atoms with Gasteiger partial charge in [-0.15, -0.1) is 0 Å². The molecule has 1 spiro atoms. The van der Waals surface area contributed by atoms with E-state index in [1.165, 1.54) is 44.9 Å². The molecule has 2 fully saturated rings. The molecule has 2 rings (SSSR count). The van der Waals surface area contributed by atoms with Gasteiger partial charge in [0.25, 0.3) is 0 Å². The first-order valence-electron chi connectivity index (χ1n) is 7.74. The minimum Gasteiger partial charge on any atom is -0.377 e. The standard InChI is InChI=1S/C15H29NO2/c1-3-17-13(2)11-16-12-14-7-10-15(18-14)8-5-4-6-9-15/h13-14,16H,3-12H2,1-2H3. The molecule has 18 heavy (non-hydrogen) atoms. The Morgan fingerprint density at radius 3 is 2.78 bits per heavy atom. The van der Waals surface area contributed by atoms with Crippen LogP contribution in [-0.2, 0) is 9.47 Å². The SMILES string of the molecule is CCOC(C)CNCC1CCC2(CCCCC2)O1. The lowest BCUT2D eigenvalue weighted by Gasteiger charge is -2.33. The smallest absolute Gasteiger partial charge is 0.0708 e. The number of hydrogen-bond acceptors (Lipinski definition) is 3. The quantitative estimate of drug-likeness (QED) is 0.791. The van der Waals surface area contributed by atoms with Crippen molar-refractivity contribution < 1.29 is 9.47 Å². The van der Waals surface area contributed by atoms with Crippen molar-refractivity contribution in [3.63, 3.8) is 0 Å². The van der Waals surface area contributed by atoms with E-state index < -0.39 is 0 Å². The molecule has 1 aliphatic heterocycles. The second-order valence-electron chi connectivity index (χ2n) is 5.95. The molecule has 106 valence electrons. The van der Waals surface area contributed by atoms with Crippen molar-refractivity contribution in [2.75, 3.05) is 19.7 Å². The van der Waals surface area contributed by atoms with Crippen LogP contribution in [0.4, 0.5) is 0 Å². The Labute approximate surface area is 112 Å². The van der Waals surface area contributed by atoms with Crippen LogP contribution < -0.4 is 5.32 Å². The predicted octanol–water partition coefficient (Wildman–Crippen LogP) is 2.88. The fourth-order valence-electron chi connectivity index (χ4n) is 3.39. The highest BCUT2D eigenvalue weighted by molar-refractivity contribution is 4.91. The van der Waals surface area contributed by atoms with Crippen LogP contribution in [0, 0.1) is 0 Å². The topological polar surface area (TPSA) is 30.5 Å². The van der Waals surface area contributed by atoms with Crippen molar-refractivity contribution in [2.45, 2.75) is 76.6 Å². The molecule has 0 radical (unpaired) electrons. The molecular weight excluding hydrogens is 226 g/mol. The summed E-state index contributed by atoms with van der Waals surface area (Å²) in [5.41, 5.74) is 0.260. The summed E-state index contributed by atoms with van der Waals surface area (Å²) in [5.74, 6) is 0. The van der Waals surface area contributed by atoms with Crippen LogP contribution in [0.5, 0.6) is 0 Å². The highest BCUT2D eigenvalue weighted by Crippen LogP contribution is 2.41. The summed E-state index contributed by atoms with van der Waals surface area (Å²) in [5, 5.41) is 3.48. The Morgan fingerprint density at radius 1 is 1.28 bits per heavy atom. The van der Waals surface area contributed by atoms with Gasteiger partial charge < -0.3 is 14.8 Å². The number of ether oxygens (including phenoxy) is 2. The summed E-state index contributed by atoms with van der Waals surface area (Å²) in [6.07, 6.45) is 9.95. The minimum atomic E-state index is 0.260. The van der Waals surface area contributed by atoms with Gasteiger partial charge in [-0.05, 0) is 39.5 Å². The maximum absolute atomic E-state index is 6.33. The van der Waals surface area contributed by atoms with Gasteiger partial charge in [0.15, 0.2) is 0 Å². The molecule has 1 saturated carbocycles. The molecular formula is C15H29NO2.